The van der Waals surface area contributed by atoms with Crippen molar-refractivity contribution in [3.05, 3.63) is 28.2 Å². The molecule has 0 saturated carbocycles. The third-order valence-electron chi connectivity index (χ3n) is 4.54. The largest absolute Gasteiger partial charge is 0.452 e. The molecular weight excluding hydrogens is 440 g/mol. The van der Waals surface area contributed by atoms with Gasteiger partial charge in [0, 0.05) is 30.7 Å². The first-order valence-corrected chi connectivity index (χ1v) is 11.0. The van der Waals surface area contributed by atoms with Gasteiger partial charge in [-0.15, -0.1) is 0 Å². The molecule has 0 aliphatic carbocycles. The standard InChI is InChI=1S/C17H21BrN2O6S/c18-14-4-3-13(17(22)26-12-16(21)19-5-1-2-6-19)11-15(14)27(23,24)20-7-9-25-10-8-20/h3-4,11H,1-2,5-10,12H2. The highest BCUT2D eigenvalue weighted by atomic mass is 79.9. The number of halogens is 1. The Bertz CT molecular complexity index is 817. The van der Waals surface area contributed by atoms with E-state index in [1.54, 1.807) is 4.90 Å². The molecule has 2 fully saturated rings. The maximum atomic E-state index is 12.9. The lowest BCUT2D eigenvalue weighted by molar-refractivity contribution is -0.133. The van der Waals surface area contributed by atoms with Gasteiger partial charge in [0.15, 0.2) is 6.61 Å². The first-order chi connectivity index (χ1) is 12.9. The molecule has 0 aromatic heterocycles. The molecule has 8 nitrogen and oxygen atoms in total. The Hall–Kier alpha value is -1.49. The molecule has 0 radical (unpaired) electrons. The molecule has 0 atom stereocenters. The number of esters is 1. The first kappa shape index (κ1) is 20.2. The number of carbonyl (C=O) groups is 2. The summed E-state index contributed by atoms with van der Waals surface area (Å²) in [5, 5.41) is 0. The van der Waals surface area contributed by atoms with E-state index in [1.165, 1.54) is 22.5 Å². The lowest BCUT2D eigenvalue weighted by atomic mass is 10.2. The smallest absolute Gasteiger partial charge is 0.338 e. The van der Waals surface area contributed by atoms with Crippen LogP contribution in [0.3, 0.4) is 0 Å². The molecule has 2 aliphatic heterocycles. The fourth-order valence-electron chi connectivity index (χ4n) is 3.02. The molecule has 1 aromatic carbocycles. The van der Waals surface area contributed by atoms with Crippen LogP contribution in [0.5, 0.6) is 0 Å². The van der Waals surface area contributed by atoms with Crippen molar-refractivity contribution < 1.29 is 27.5 Å². The molecule has 10 heteroatoms. The molecule has 2 aliphatic rings. The predicted octanol–water partition coefficient (Wildman–Crippen LogP) is 1.25. The Kier molecular flexibility index (Phi) is 6.51. The fourth-order valence-corrected chi connectivity index (χ4v) is 5.38. The van der Waals surface area contributed by atoms with E-state index in [2.05, 4.69) is 15.9 Å². The minimum atomic E-state index is -3.77. The summed E-state index contributed by atoms with van der Waals surface area (Å²) in [6.45, 7) is 2.18. The average Bonchev–Trinajstić information content (AvgIpc) is 3.21. The topological polar surface area (TPSA) is 93.2 Å². The van der Waals surface area contributed by atoms with Crippen molar-refractivity contribution in [1.82, 2.24) is 9.21 Å². The number of nitrogens with zero attached hydrogens (tertiary/aromatic N) is 2. The minimum Gasteiger partial charge on any atom is -0.452 e. The SMILES string of the molecule is O=C(OCC(=O)N1CCCC1)c1ccc(Br)c(S(=O)(=O)N2CCOCC2)c1. The van der Waals surface area contributed by atoms with Gasteiger partial charge in [-0.3, -0.25) is 4.79 Å². The molecule has 2 heterocycles. The van der Waals surface area contributed by atoms with E-state index < -0.39 is 16.0 Å². The van der Waals surface area contributed by atoms with Gasteiger partial charge in [0.2, 0.25) is 10.0 Å². The molecule has 1 aromatic rings. The van der Waals surface area contributed by atoms with Crippen molar-refractivity contribution in [2.45, 2.75) is 17.7 Å². The minimum absolute atomic E-state index is 0.00952. The van der Waals surface area contributed by atoms with Crippen LogP contribution in [0.25, 0.3) is 0 Å². The second-order valence-corrected chi connectivity index (χ2v) is 9.09. The van der Waals surface area contributed by atoms with Gasteiger partial charge < -0.3 is 14.4 Å². The third kappa shape index (κ3) is 4.68. The van der Waals surface area contributed by atoms with E-state index in [0.29, 0.717) is 30.8 Å². The Labute approximate surface area is 166 Å². The number of morpholine rings is 1. The number of likely N-dealkylation sites (tertiary alicyclic amines) is 1. The number of hydrogen-bond donors (Lipinski definition) is 0. The van der Waals surface area contributed by atoms with E-state index >= 15 is 0 Å². The van der Waals surface area contributed by atoms with E-state index in [0.717, 1.165) is 12.8 Å². The Morgan fingerprint density at radius 1 is 1.11 bits per heavy atom. The molecule has 148 valence electrons. The molecule has 2 saturated heterocycles. The van der Waals surface area contributed by atoms with Gasteiger partial charge in [-0.25, -0.2) is 13.2 Å². The summed E-state index contributed by atoms with van der Waals surface area (Å²) in [6.07, 6.45) is 1.91. The predicted molar refractivity (Wildman–Crippen MR) is 99.8 cm³/mol. The van der Waals surface area contributed by atoms with Gasteiger partial charge >= 0.3 is 5.97 Å². The molecule has 1 amide bonds. The summed E-state index contributed by atoms with van der Waals surface area (Å²) in [5.41, 5.74) is 0.0826. The molecule has 0 bridgehead atoms. The highest BCUT2D eigenvalue weighted by Gasteiger charge is 2.29. The summed E-state index contributed by atoms with van der Waals surface area (Å²) in [7, 11) is -3.77. The fraction of sp³-hybridized carbons (Fsp3) is 0.529. The van der Waals surface area contributed by atoms with Crippen molar-refractivity contribution >= 4 is 37.8 Å². The second-order valence-electron chi connectivity index (χ2n) is 6.33. The zero-order valence-electron chi connectivity index (χ0n) is 14.7. The number of rotatable bonds is 5. The summed E-state index contributed by atoms with van der Waals surface area (Å²) in [4.78, 5) is 25.9. The molecule has 3 rings (SSSR count). The van der Waals surface area contributed by atoms with Crippen LogP contribution < -0.4 is 0 Å². The van der Waals surface area contributed by atoms with Gasteiger partial charge in [0.25, 0.3) is 5.91 Å². The quantitative estimate of drug-likeness (QED) is 0.613. The summed E-state index contributed by atoms with van der Waals surface area (Å²) in [6, 6.07) is 4.23. The van der Waals surface area contributed by atoms with Crippen LogP contribution in [0.2, 0.25) is 0 Å². The van der Waals surface area contributed by atoms with Crippen LogP contribution in [0.4, 0.5) is 0 Å². The van der Waals surface area contributed by atoms with E-state index in [-0.39, 0.29) is 36.1 Å². The normalized spacial score (nSPS) is 18.5. The van der Waals surface area contributed by atoms with E-state index in [1.807, 2.05) is 0 Å². The lowest BCUT2D eigenvalue weighted by Gasteiger charge is -2.26. The van der Waals surface area contributed by atoms with Crippen molar-refractivity contribution in [3.63, 3.8) is 0 Å². The third-order valence-corrected chi connectivity index (χ3v) is 7.43. The second kappa shape index (κ2) is 8.68. The summed E-state index contributed by atoms with van der Waals surface area (Å²) < 4.78 is 37.7. The highest BCUT2D eigenvalue weighted by Crippen LogP contribution is 2.27. The summed E-state index contributed by atoms with van der Waals surface area (Å²) in [5.74, 6) is -0.965. The van der Waals surface area contributed by atoms with E-state index in [4.69, 9.17) is 9.47 Å². The van der Waals surface area contributed by atoms with Crippen molar-refractivity contribution in [2.24, 2.45) is 0 Å². The van der Waals surface area contributed by atoms with Crippen LogP contribution in [-0.4, -0.2) is 75.5 Å². The van der Waals surface area contributed by atoms with Crippen molar-refractivity contribution in [1.29, 1.82) is 0 Å². The molecule has 27 heavy (non-hydrogen) atoms. The monoisotopic (exact) mass is 460 g/mol. The van der Waals surface area contributed by atoms with Gasteiger partial charge in [-0.1, -0.05) is 0 Å². The van der Waals surface area contributed by atoms with Crippen LogP contribution in [-0.2, 0) is 24.3 Å². The Morgan fingerprint density at radius 3 is 2.44 bits per heavy atom. The first-order valence-electron chi connectivity index (χ1n) is 8.72. The zero-order chi connectivity index (χ0) is 19.4. The molecule has 0 N–H and O–H groups in total. The molecular formula is C17H21BrN2O6S. The Balaban J connectivity index is 1.72. The summed E-state index contributed by atoms with van der Waals surface area (Å²) >= 11 is 3.24. The van der Waals surface area contributed by atoms with Gasteiger partial charge in [-0.05, 0) is 47.0 Å². The van der Waals surface area contributed by atoms with Crippen LogP contribution >= 0.6 is 15.9 Å². The number of benzene rings is 1. The van der Waals surface area contributed by atoms with Gasteiger partial charge in [0.05, 0.1) is 23.7 Å². The number of hydrogen-bond acceptors (Lipinski definition) is 6. The highest BCUT2D eigenvalue weighted by molar-refractivity contribution is 9.10. The molecule has 0 spiro atoms. The van der Waals surface area contributed by atoms with Crippen molar-refractivity contribution in [2.75, 3.05) is 46.0 Å². The van der Waals surface area contributed by atoms with Crippen LogP contribution in [0.1, 0.15) is 23.2 Å². The number of ether oxygens (including phenoxy) is 2. The Morgan fingerprint density at radius 2 is 1.78 bits per heavy atom. The van der Waals surface area contributed by atoms with Gasteiger partial charge in [0.1, 0.15) is 0 Å². The average molecular weight is 461 g/mol. The lowest BCUT2D eigenvalue weighted by Crippen LogP contribution is -2.40. The maximum Gasteiger partial charge on any atom is 0.338 e. The van der Waals surface area contributed by atoms with E-state index in [9.17, 15) is 18.0 Å². The number of amides is 1. The van der Waals surface area contributed by atoms with Crippen LogP contribution in [0.15, 0.2) is 27.6 Å². The number of carbonyl (C=O) groups excluding carboxylic acids is 2. The number of sulfonamides is 1. The van der Waals surface area contributed by atoms with Crippen LogP contribution in [0, 0.1) is 0 Å². The zero-order valence-corrected chi connectivity index (χ0v) is 17.1. The van der Waals surface area contributed by atoms with Gasteiger partial charge in [-0.2, -0.15) is 4.31 Å². The van der Waals surface area contributed by atoms with Crippen molar-refractivity contribution in [3.8, 4) is 0 Å². The maximum absolute atomic E-state index is 12.9. The molecule has 0 unspecified atom stereocenters.